The third-order valence-electron chi connectivity index (χ3n) is 3.28. The van der Waals surface area contributed by atoms with E-state index < -0.39 is 11.8 Å². The minimum atomic E-state index is -0.865. The molecular formula is C16H14N4O3. The summed E-state index contributed by atoms with van der Waals surface area (Å²) in [5.41, 5.74) is 3.02. The van der Waals surface area contributed by atoms with Crippen LogP contribution < -0.4 is 10.6 Å². The third kappa shape index (κ3) is 3.13. The fourth-order valence-electron chi connectivity index (χ4n) is 2.13. The molecule has 0 fully saturated rings. The van der Waals surface area contributed by atoms with Crippen LogP contribution in [0.1, 0.15) is 5.56 Å². The van der Waals surface area contributed by atoms with Crippen LogP contribution in [-0.4, -0.2) is 26.9 Å². The van der Waals surface area contributed by atoms with Crippen molar-refractivity contribution in [1.82, 2.24) is 9.97 Å². The molecule has 0 aliphatic heterocycles. The summed E-state index contributed by atoms with van der Waals surface area (Å²) in [7, 11) is 0. The molecule has 0 saturated heterocycles. The second-order valence-electron chi connectivity index (χ2n) is 5.06. The number of imidazole rings is 1. The van der Waals surface area contributed by atoms with E-state index in [4.69, 9.17) is 0 Å². The zero-order chi connectivity index (χ0) is 16.4. The molecule has 3 rings (SSSR count). The Bertz CT molecular complexity index is 901. The fourth-order valence-corrected chi connectivity index (χ4v) is 2.13. The van der Waals surface area contributed by atoms with Gasteiger partial charge in [0.1, 0.15) is 5.75 Å². The molecule has 1 aromatic heterocycles. The number of aromatic nitrogens is 2. The van der Waals surface area contributed by atoms with Crippen LogP contribution in [0.4, 0.5) is 11.4 Å². The fraction of sp³-hybridized carbons (Fsp3) is 0.0625. The molecule has 0 atom stereocenters. The quantitative estimate of drug-likeness (QED) is 0.430. The molecule has 0 bridgehead atoms. The zero-order valence-corrected chi connectivity index (χ0v) is 12.3. The number of nitrogens with zero attached hydrogens (tertiary/aromatic N) is 1. The van der Waals surface area contributed by atoms with Crippen molar-refractivity contribution in [1.29, 1.82) is 0 Å². The minimum absolute atomic E-state index is 0.101. The number of hydrogen-bond donors (Lipinski definition) is 4. The van der Waals surface area contributed by atoms with E-state index in [1.54, 1.807) is 36.7 Å². The van der Waals surface area contributed by atoms with E-state index in [0.29, 0.717) is 5.69 Å². The van der Waals surface area contributed by atoms with Crippen molar-refractivity contribution in [2.45, 2.75) is 6.92 Å². The average Bonchev–Trinajstić information content (AvgIpc) is 2.98. The number of amides is 2. The number of H-pyrrole nitrogens is 1. The molecule has 7 heteroatoms. The lowest BCUT2D eigenvalue weighted by Crippen LogP contribution is -2.29. The lowest BCUT2D eigenvalue weighted by Gasteiger charge is -2.08. The first-order valence-electron chi connectivity index (χ1n) is 6.88. The number of fused-ring (bicyclic) bond motifs is 1. The molecule has 2 aromatic carbocycles. The van der Waals surface area contributed by atoms with Crippen LogP contribution in [0, 0.1) is 6.92 Å². The van der Waals surface area contributed by atoms with Crippen LogP contribution in [0.5, 0.6) is 5.75 Å². The first-order valence-corrected chi connectivity index (χ1v) is 6.88. The van der Waals surface area contributed by atoms with Gasteiger partial charge in [0.25, 0.3) is 0 Å². The second-order valence-corrected chi connectivity index (χ2v) is 5.06. The van der Waals surface area contributed by atoms with Crippen molar-refractivity contribution >= 4 is 34.2 Å². The van der Waals surface area contributed by atoms with Crippen LogP contribution in [0.2, 0.25) is 0 Å². The molecular weight excluding hydrogens is 296 g/mol. The number of phenols is 1. The lowest BCUT2D eigenvalue weighted by atomic mass is 10.2. The van der Waals surface area contributed by atoms with Crippen LogP contribution in [0.15, 0.2) is 42.7 Å². The predicted molar refractivity (Wildman–Crippen MR) is 86.2 cm³/mol. The normalized spacial score (nSPS) is 10.5. The van der Waals surface area contributed by atoms with E-state index in [-0.39, 0.29) is 11.4 Å². The topological polar surface area (TPSA) is 107 Å². The number of phenolic OH excluding ortho intramolecular Hbond substituents is 1. The number of aromatic hydroxyl groups is 1. The van der Waals surface area contributed by atoms with E-state index in [1.807, 2.05) is 6.92 Å². The summed E-state index contributed by atoms with van der Waals surface area (Å²) >= 11 is 0. The Morgan fingerprint density at radius 2 is 1.87 bits per heavy atom. The Kier molecular flexibility index (Phi) is 3.68. The van der Waals surface area contributed by atoms with Crippen molar-refractivity contribution in [3.63, 3.8) is 0 Å². The van der Waals surface area contributed by atoms with Gasteiger partial charge in [0, 0.05) is 5.69 Å². The Morgan fingerprint density at radius 3 is 2.70 bits per heavy atom. The van der Waals surface area contributed by atoms with E-state index in [0.717, 1.165) is 16.6 Å². The van der Waals surface area contributed by atoms with Gasteiger partial charge >= 0.3 is 11.8 Å². The molecule has 0 unspecified atom stereocenters. The number of carbonyl (C=O) groups excluding carboxylic acids is 2. The Morgan fingerprint density at radius 1 is 1.09 bits per heavy atom. The Labute approximate surface area is 131 Å². The number of carbonyl (C=O) groups is 2. The van der Waals surface area contributed by atoms with Gasteiger partial charge in [-0.25, -0.2) is 4.98 Å². The lowest BCUT2D eigenvalue weighted by molar-refractivity contribution is -0.133. The maximum Gasteiger partial charge on any atom is 0.314 e. The first-order chi connectivity index (χ1) is 11.0. The molecule has 0 aliphatic carbocycles. The summed E-state index contributed by atoms with van der Waals surface area (Å²) in [4.78, 5) is 30.9. The summed E-state index contributed by atoms with van der Waals surface area (Å²) in [6.07, 6.45) is 1.55. The SMILES string of the molecule is Cc1ccc(O)c(NC(=O)C(=O)Nc2ccc3nc[nH]c3c2)c1. The highest BCUT2D eigenvalue weighted by Gasteiger charge is 2.16. The molecule has 2 amide bonds. The molecule has 1 heterocycles. The monoisotopic (exact) mass is 310 g/mol. The maximum absolute atomic E-state index is 12.0. The second kappa shape index (κ2) is 5.80. The van der Waals surface area contributed by atoms with Gasteiger partial charge < -0.3 is 20.7 Å². The largest absolute Gasteiger partial charge is 0.506 e. The number of anilines is 2. The molecule has 0 radical (unpaired) electrons. The smallest absolute Gasteiger partial charge is 0.314 e. The van der Waals surface area contributed by atoms with Gasteiger partial charge in [0.05, 0.1) is 23.0 Å². The molecule has 0 aliphatic rings. The highest BCUT2D eigenvalue weighted by atomic mass is 16.3. The molecule has 4 N–H and O–H groups in total. The van der Waals surface area contributed by atoms with Crippen LogP contribution in [0.3, 0.4) is 0 Å². The maximum atomic E-state index is 12.0. The summed E-state index contributed by atoms with van der Waals surface area (Å²) in [5, 5.41) is 14.6. The summed E-state index contributed by atoms with van der Waals surface area (Å²) < 4.78 is 0. The molecule has 3 aromatic rings. The van der Waals surface area contributed by atoms with E-state index >= 15 is 0 Å². The van der Waals surface area contributed by atoms with Crippen LogP contribution in [-0.2, 0) is 9.59 Å². The van der Waals surface area contributed by atoms with Crippen molar-refractivity contribution in [2.24, 2.45) is 0 Å². The molecule has 0 spiro atoms. The van der Waals surface area contributed by atoms with E-state index in [2.05, 4.69) is 20.6 Å². The number of benzene rings is 2. The molecule has 116 valence electrons. The Hall–Kier alpha value is -3.35. The van der Waals surface area contributed by atoms with Crippen LogP contribution >= 0.6 is 0 Å². The first kappa shape index (κ1) is 14.6. The van der Waals surface area contributed by atoms with Gasteiger partial charge in [-0.1, -0.05) is 6.07 Å². The summed E-state index contributed by atoms with van der Waals surface area (Å²) in [6.45, 7) is 1.81. The summed E-state index contributed by atoms with van der Waals surface area (Å²) in [6, 6.07) is 9.79. The number of rotatable bonds is 2. The number of aromatic amines is 1. The van der Waals surface area contributed by atoms with Gasteiger partial charge in [0.2, 0.25) is 0 Å². The summed E-state index contributed by atoms with van der Waals surface area (Å²) in [5.74, 6) is -1.80. The molecule has 7 nitrogen and oxygen atoms in total. The van der Waals surface area contributed by atoms with Crippen molar-refractivity contribution in [3.8, 4) is 5.75 Å². The van der Waals surface area contributed by atoms with E-state index in [1.165, 1.54) is 6.07 Å². The molecule has 0 saturated carbocycles. The zero-order valence-electron chi connectivity index (χ0n) is 12.3. The van der Waals surface area contributed by atoms with Crippen molar-refractivity contribution in [2.75, 3.05) is 10.6 Å². The highest BCUT2D eigenvalue weighted by molar-refractivity contribution is 6.43. The highest BCUT2D eigenvalue weighted by Crippen LogP contribution is 2.23. The number of aryl methyl sites for hydroxylation is 1. The number of hydrogen-bond acceptors (Lipinski definition) is 4. The van der Waals surface area contributed by atoms with Crippen LogP contribution in [0.25, 0.3) is 11.0 Å². The standard InChI is InChI=1S/C16H14N4O3/c1-9-2-5-14(21)13(6-9)20-16(23)15(22)19-10-3-4-11-12(7-10)18-8-17-11/h2-8,21H,1H3,(H,17,18)(H,19,22)(H,20,23). The van der Waals surface area contributed by atoms with Gasteiger partial charge in [-0.2, -0.15) is 0 Å². The number of nitrogens with one attached hydrogen (secondary N) is 3. The van der Waals surface area contributed by atoms with Gasteiger partial charge in [0.15, 0.2) is 0 Å². The third-order valence-corrected chi connectivity index (χ3v) is 3.28. The van der Waals surface area contributed by atoms with Gasteiger partial charge in [-0.15, -0.1) is 0 Å². The minimum Gasteiger partial charge on any atom is -0.506 e. The van der Waals surface area contributed by atoms with E-state index in [9.17, 15) is 14.7 Å². The Balaban J connectivity index is 1.72. The van der Waals surface area contributed by atoms with Crippen molar-refractivity contribution in [3.05, 3.63) is 48.3 Å². The average molecular weight is 310 g/mol. The van der Waals surface area contributed by atoms with Gasteiger partial charge in [-0.05, 0) is 42.8 Å². The molecule has 23 heavy (non-hydrogen) atoms. The predicted octanol–water partition coefficient (Wildman–Crippen LogP) is 2.15. The van der Waals surface area contributed by atoms with Crippen molar-refractivity contribution < 1.29 is 14.7 Å². The van der Waals surface area contributed by atoms with Gasteiger partial charge in [-0.3, -0.25) is 9.59 Å².